The first-order valence-corrected chi connectivity index (χ1v) is 9.09. The molecule has 5 N–H and O–H groups in total. The van der Waals surface area contributed by atoms with E-state index in [2.05, 4.69) is 5.32 Å². The predicted molar refractivity (Wildman–Crippen MR) is 121 cm³/mol. The van der Waals surface area contributed by atoms with Gasteiger partial charge in [0, 0.05) is 30.5 Å². The predicted octanol–water partition coefficient (Wildman–Crippen LogP) is 3.62. The highest BCUT2D eigenvalue weighted by molar-refractivity contribution is 5.99. The quantitative estimate of drug-likeness (QED) is 0.524. The molecule has 0 aliphatic heterocycles. The summed E-state index contributed by atoms with van der Waals surface area (Å²) in [6.45, 7) is 1.02. The van der Waals surface area contributed by atoms with Gasteiger partial charge in [0.05, 0.1) is 0 Å². The molecule has 1 heterocycles. The highest BCUT2D eigenvalue weighted by Crippen LogP contribution is 2.26. The molecule has 0 spiro atoms. The van der Waals surface area contributed by atoms with Crippen molar-refractivity contribution in [2.75, 3.05) is 13.1 Å². The molecule has 1 amide bonds. The topological polar surface area (TPSA) is 86.1 Å². The highest BCUT2D eigenvalue weighted by atomic mass is 35.5. The van der Waals surface area contributed by atoms with Crippen molar-refractivity contribution in [3.05, 3.63) is 60.0 Å². The van der Waals surface area contributed by atoms with E-state index in [-0.39, 0.29) is 42.6 Å². The number of nitrogens with one attached hydrogen (secondary N) is 1. The third-order valence-corrected chi connectivity index (χ3v) is 4.76. The second kappa shape index (κ2) is 11.2. The van der Waals surface area contributed by atoms with Crippen LogP contribution in [-0.4, -0.2) is 29.6 Å². The average molecular weight is 441 g/mol. The van der Waals surface area contributed by atoms with Crippen LogP contribution in [0.2, 0.25) is 0 Å². The number of aromatic nitrogens is 1. The number of nitrogens with two attached hydrogens (primary N) is 2. The zero-order valence-corrected chi connectivity index (χ0v) is 17.9. The standard InChI is InChI=1S/C21H25FN4O.2ClH/c1-26-19-11-15(14-6-8-17(22)9-7-14)4-5-16(19)12-20(26)21(27)25-13-18(24)3-2-10-23;;/h4-9,11-12,18H,2-3,10,13,23-24H2,1H3,(H,25,27);2*1H/t18-;;/m0../s1. The number of carbonyl (C=O) groups is 1. The van der Waals surface area contributed by atoms with E-state index >= 15 is 0 Å². The molecular weight excluding hydrogens is 414 g/mol. The van der Waals surface area contributed by atoms with Crippen LogP contribution in [0.1, 0.15) is 23.3 Å². The third-order valence-electron chi connectivity index (χ3n) is 4.76. The Kier molecular flexibility index (Phi) is 9.59. The molecule has 1 aromatic heterocycles. The van der Waals surface area contributed by atoms with Crippen LogP contribution in [0.15, 0.2) is 48.5 Å². The largest absolute Gasteiger partial charge is 0.349 e. The number of carbonyl (C=O) groups excluding carboxylic acids is 1. The molecular formula is C21H27Cl2FN4O. The van der Waals surface area contributed by atoms with Crippen LogP contribution < -0.4 is 16.8 Å². The summed E-state index contributed by atoms with van der Waals surface area (Å²) in [6.07, 6.45) is 1.63. The molecule has 0 unspecified atom stereocenters. The Hall–Kier alpha value is -2.12. The van der Waals surface area contributed by atoms with Crippen LogP contribution in [0.5, 0.6) is 0 Å². The summed E-state index contributed by atoms with van der Waals surface area (Å²) in [5, 5.41) is 3.87. The number of halogens is 3. The lowest BCUT2D eigenvalue weighted by Gasteiger charge is -2.12. The lowest BCUT2D eigenvalue weighted by atomic mass is 10.0. The van der Waals surface area contributed by atoms with E-state index in [0.717, 1.165) is 34.9 Å². The van der Waals surface area contributed by atoms with E-state index in [1.165, 1.54) is 12.1 Å². The van der Waals surface area contributed by atoms with Crippen LogP contribution in [0.4, 0.5) is 4.39 Å². The molecule has 3 aromatic rings. The number of amides is 1. The molecule has 0 saturated carbocycles. The fourth-order valence-electron chi connectivity index (χ4n) is 3.17. The Morgan fingerprint density at radius 1 is 1.10 bits per heavy atom. The zero-order chi connectivity index (χ0) is 19.4. The summed E-state index contributed by atoms with van der Waals surface area (Å²) >= 11 is 0. The third kappa shape index (κ3) is 5.93. The second-order valence-electron chi connectivity index (χ2n) is 6.77. The summed E-state index contributed by atoms with van der Waals surface area (Å²) in [4.78, 5) is 12.6. The molecule has 5 nitrogen and oxygen atoms in total. The summed E-state index contributed by atoms with van der Waals surface area (Å²) in [5.41, 5.74) is 14.9. The minimum atomic E-state index is -0.262. The van der Waals surface area contributed by atoms with Crippen LogP contribution in [-0.2, 0) is 7.05 Å². The van der Waals surface area contributed by atoms with E-state index in [1.807, 2.05) is 35.9 Å². The summed E-state index contributed by atoms with van der Waals surface area (Å²) in [7, 11) is 1.86. The van der Waals surface area contributed by atoms with Gasteiger partial charge in [-0.2, -0.15) is 0 Å². The number of fused-ring (bicyclic) bond motifs is 1. The van der Waals surface area contributed by atoms with E-state index in [1.54, 1.807) is 12.1 Å². The smallest absolute Gasteiger partial charge is 0.267 e. The number of benzene rings is 2. The van der Waals surface area contributed by atoms with Crippen LogP contribution in [0, 0.1) is 5.82 Å². The monoisotopic (exact) mass is 440 g/mol. The van der Waals surface area contributed by atoms with E-state index in [9.17, 15) is 9.18 Å². The Bertz CT molecular complexity index is 944. The van der Waals surface area contributed by atoms with Gasteiger partial charge in [-0.1, -0.05) is 24.3 Å². The van der Waals surface area contributed by atoms with Crippen LogP contribution >= 0.6 is 24.8 Å². The van der Waals surface area contributed by atoms with Crippen LogP contribution in [0.3, 0.4) is 0 Å². The number of nitrogens with zero attached hydrogens (tertiary/aromatic N) is 1. The Balaban J connectivity index is 0.00000210. The van der Waals surface area contributed by atoms with Gasteiger partial charge in [0.15, 0.2) is 0 Å². The SMILES string of the molecule is Cl.Cl.Cn1c(C(=O)NC[C@@H](N)CCCN)cc2ccc(-c3ccc(F)cc3)cc21. The maximum absolute atomic E-state index is 13.1. The number of hydrogen-bond donors (Lipinski definition) is 3. The van der Waals surface area contributed by atoms with E-state index in [4.69, 9.17) is 11.5 Å². The minimum Gasteiger partial charge on any atom is -0.349 e. The molecule has 8 heteroatoms. The fourth-order valence-corrected chi connectivity index (χ4v) is 3.17. The van der Waals surface area contributed by atoms with Crippen molar-refractivity contribution in [1.82, 2.24) is 9.88 Å². The maximum Gasteiger partial charge on any atom is 0.267 e. The molecule has 0 bridgehead atoms. The fraction of sp³-hybridized carbons (Fsp3) is 0.286. The first-order valence-electron chi connectivity index (χ1n) is 9.09. The molecule has 0 aliphatic carbocycles. The first-order chi connectivity index (χ1) is 13.0. The van der Waals surface area contributed by atoms with Gasteiger partial charge in [0.2, 0.25) is 0 Å². The molecule has 0 radical (unpaired) electrons. The van der Waals surface area contributed by atoms with Crippen molar-refractivity contribution in [2.24, 2.45) is 18.5 Å². The molecule has 29 heavy (non-hydrogen) atoms. The van der Waals surface area contributed by atoms with Crippen LogP contribution in [0.25, 0.3) is 22.0 Å². The lowest BCUT2D eigenvalue weighted by molar-refractivity contribution is 0.0943. The van der Waals surface area contributed by atoms with Gasteiger partial charge in [0.1, 0.15) is 11.5 Å². The summed E-state index contributed by atoms with van der Waals surface area (Å²) in [5.74, 6) is -0.414. The van der Waals surface area contributed by atoms with Crippen molar-refractivity contribution in [2.45, 2.75) is 18.9 Å². The van der Waals surface area contributed by atoms with Crippen molar-refractivity contribution in [3.63, 3.8) is 0 Å². The molecule has 3 rings (SSSR count). The zero-order valence-electron chi connectivity index (χ0n) is 16.2. The Morgan fingerprint density at radius 3 is 2.41 bits per heavy atom. The number of hydrogen-bond acceptors (Lipinski definition) is 3. The lowest BCUT2D eigenvalue weighted by Crippen LogP contribution is -2.38. The van der Waals surface area contributed by atoms with Gasteiger partial charge >= 0.3 is 0 Å². The normalized spacial score (nSPS) is 11.4. The van der Waals surface area contributed by atoms with E-state index in [0.29, 0.717) is 18.8 Å². The first kappa shape index (κ1) is 24.9. The summed E-state index contributed by atoms with van der Waals surface area (Å²) in [6, 6.07) is 14.1. The van der Waals surface area contributed by atoms with Gasteiger partial charge in [-0.25, -0.2) is 4.39 Å². The van der Waals surface area contributed by atoms with Crippen molar-refractivity contribution < 1.29 is 9.18 Å². The van der Waals surface area contributed by atoms with E-state index < -0.39 is 0 Å². The Labute approximate surface area is 182 Å². The molecule has 0 fully saturated rings. The number of rotatable bonds is 7. The van der Waals surface area contributed by atoms with Gasteiger partial charge in [-0.05, 0) is 54.8 Å². The molecule has 0 saturated heterocycles. The molecule has 158 valence electrons. The van der Waals surface area contributed by atoms with Gasteiger partial charge in [0.25, 0.3) is 5.91 Å². The average Bonchev–Trinajstić information content (AvgIpc) is 3.01. The molecule has 0 aliphatic rings. The number of aryl methyl sites for hydroxylation is 1. The molecule has 2 aromatic carbocycles. The van der Waals surface area contributed by atoms with Gasteiger partial charge < -0.3 is 21.4 Å². The van der Waals surface area contributed by atoms with Gasteiger partial charge in [-0.15, -0.1) is 24.8 Å². The summed E-state index contributed by atoms with van der Waals surface area (Å²) < 4.78 is 15.0. The second-order valence-corrected chi connectivity index (χ2v) is 6.77. The van der Waals surface area contributed by atoms with Gasteiger partial charge in [-0.3, -0.25) is 4.79 Å². The maximum atomic E-state index is 13.1. The minimum absolute atomic E-state index is 0. The Morgan fingerprint density at radius 2 is 1.76 bits per heavy atom. The van der Waals surface area contributed by atoms with Crippen molar-refractivity contribution in [1.29, 1.82) is 0 Å². The van der Waals surface area contributed by atoms with Crippen molar-refractivity contribution in [3.8, 4) is 11.1 Å². The highest BCUT2D eigenvalue weighted by Gasteiger charge is 2.15. The molecule has 1 atom stereocenters. The van der Waals surface area contributed by atoms with Crippen molar-refractivity contribution >= 4 is 41.6 Å².